The monoisotopic (exact) mass is 419 g/mol. The van der Waals surface area contributed by atoms with E-state index in [0.717, 1.165) is 46.1 Å². The van der Waals surface area contributed by atoms with Crippen LogP contribution in [0.2, 0.25) is 0 Å². The van der Waals surface area contributed by atoms with Crippen LogP contribution in [-0.2, 0) is 0 Å². The molecule has 1 atom stereocenters. The Hall–Kier alpha value is -0.880. The summed E-state index contributed by atoms with van der Waals surface area (Å²) >= 11 is 3.47. The van der Waals surface area contributed by atoms with E-state index in [1.807, 2.05) is 43.1 Å². The van der Waals surface area contributed by atoms with Crippen molar-refractivity contribution in [2.75, 3.05) is 20.1 Å². The van der Waals surface area contributed by atoms with Gasteiger partial charge in [0.25, 0.3) is 5.91 Å². The number of amides is 1. The number of rotatable bonds is 2. The average molecular weight is 421 g/mol. The van der Waals surface area contributed by atoms with Gasteiger partial charge in [-0.1, -0.05) is 15.9 Å². The van der Waals surface area contributed by atoms with Gasteiger partial charge in [-0.3, -0.25) is 9.78 Å². The van der Waals surface area contributed by atoms with Gasteiger partial charge in [-0.2, -0.15) is 0 Å². The number of pyridine rings is 1. The first kappa shape index (κ1) is 20.2. The van der Waals surface area contributed by atoms with Crippen LogP contribution in [-0.4, -0.2) is 42.0 Å². The first-order valence-corrected chi connectivity index (χ1v) is 7.90. The van der Waals surface area contributed by atoms with Crippen molar-refractivity contribution >= 4 is 57.6 Å². The van der Waals surface area contributed by atoms with Crippen LogP contribution < -0.4 is 5.32 Å². The standard InChI is InChI=1S/C16H18BrN3O.2ClH/c1-10-7-14(13-8-11(17)3-4-15(13)19-10)16(21)20(2)12-5-6-18-9-12;;/h3-4,7-8,12,18H,5-6,9H2,1-2H3;2*1H. The Morgan fingerprint density at radius 1 is 1.35 bits per heavy atom. The highest BCUT2D eigenvalue weighted by Crippen LogP contribution is 2.24. The van der Waals surface area contributed by atoms with Gasteiger partial charge in [0.15, 0.2) is 0 Å². The fourth-order valence-corrected chi connectivity index (χ4v) is 3.19. The third-order valence-corrected chi connectivity index (χ3v) is 4.52. The van der Waals surface area contributed by atoms with Crippen molar-refractivity contribution in [3.63, 3.8) is 0 Å². The minimum atomic E-state index is 0. The van der Waals surface area contributed by atoms with Gasteiger partial charge in [0.1, 0.15) is 0 Å². The summed E-state index contributed by atoms with van der Waals surface area (Å²) in [5.41, 5.74) is 2.46. The summed E-state index contributed by atoms with van der Waals surface area (Å²) in [7, 11) is 1.89. The molecule has 1 aromatic carbocycles. The summed E-state index contributed by atoms with van der Waals surface area (Å²) in [5.74, 6) is 0.0669. The van der Waals surface area contributed by atoms with Crippen molar-refractivity contribution in [3.8, 4) is 0 Å². The van der Waals surface area contributed by atoms with Gasteiger partial charge >= 0.3 is 0 Å². The van der Waals surface area contributed by atoms with Crippen molar-refractivity contribution in [2.45, 2.75) is 19.4 Å². The van der Waals surface area contributed by atoms with E-state index in [0.29, 0.717) is 0 Å². The molecule has 0 spiro atoms. The molecule has 2 heterocycles. The zero-order chi connectivity index (χ0) is 15.0. The Morgan fingerprint density at radius 3 is 2.74 bits per heavy atom. The van der Waals surface area contributed by atoms with Crippen LogP contribution in [0.3, 0.4) is 0 Å². The van der Waals surface area contributed by atoms with Crippen molar-refractivity contribution in [3.05, 3.63) is 40.0 Å². The predicted molar refractivity (Wildman–Crippen MR) is 102 cm³/mol. The number of hydrogen-bond donors (Lipinski definition) is 1. The zero-order valence-electron chi connectivity index (χ0n) is 13.0. The molecule has 7 heteroatoms. The number of carbonyl (C=O) groups is 1. The molecule has 3 rings (SSSR count). The molecule has 1 fully saturated rings. The summed E-state index contributed by atoms with van der Waals surface area (Å²) < 4.78 is 0.958. The van der Waals surface area contributed by atoms with Crippen LogP contribution in [0.15, 0.2) is 28.7 Å². The molecule has 1 amide bonds. The lowest BCUT2D eigenvalue weighted by Gasteiger charge is -2.24. The normalized spacial score (nSPS) is 16.6. The van der Waals surface area contributed by atoms with E-state index in [4.69, 9.17) is 0 Å². The number of halogens is 3. The number of aromatic nitrogens is 1. The van der Waals surface area contributed by atoms with Gasteiger partial charge in [0.2, 0.25) is 0 Å². The lowest BCUT2D eigenvalue weighted by molar-refractivity contribution is 0.0745. The molecule has 4 nitrogen and oxygen atoms in total. The lowest BCUT2D eigenvalue weighted by Crippen LogP contribution is -2.38. The largest absolute Gasteiger partial charge is 0.337 e. The smallest absolute Gasteiger partial charge is 0.254 e. The molecule has 126 valence electrons. The second-order valence-electron chi connectivity index (χ2n) is 5.54. The Bertz CT molecular complexity index is 705. The molecule has 1 saturated heterocycles. The molecule has 0 aliphatic carbocycles. The minimum Gasteiger partial charge on any atom is -0.337 e. The van der Waals surface area contributed by atoms with Gasteiger partial charge in [-0.25, -0.2) is 0 Å². The summed E-state index contributed by atoms with van der Waals surface area (Å²) in [4.78, 5) is 19.2. The molecule has 0 saturated carbocycles. The highest BCUT2D eigenvalue weighted by molar-refractivity contribution is 9.10. The number of fused-ring (bicyclic) bond motifs is 1. The number of carbonyl (C=O) groups excluding carboxylic acids is 1. The SMILES string of the molecule is Cc1cc(C(=O)N(C)C2CCNC2)c2cc(Br)ccc2n1.Cl.Cl. The number of likely N-dealkylation sites (N-methyl/N-ethyl adjacent to an activating group) is 1. The van der Waals surface area contributed by atoms with E-state index >= 15 is 0 Å². The van der Waals surface area contributed by atoms with Crippen molar-refractivity contribution in [1.29, 1.82) is 0 Å². The minimum absolute atomic E-state index is 0. The molecular formula is C16H20BrCl2N3O. The fourth-order valence-electron chi connectivity index (χ4n) is 2.83. The van der Waals surface area contributed by atoms with Crippen LogP contribution >= 0.6 is 40.7 Å². The van der Waals surface area contributed by atoms with E-state index in [-0.39, 0.29) is 36.8 Å². The van der Waals surface area contributed by atoms with Crippen molar-refractivity contribution in [1.82, 2.24) is 15.2 Å². The van der Waals surface area contributed by atoms with Crippen LogP contribution in [0.5, 0.6) is 0 Å². The lowest BCUT2D eigenvalue weighted by atomic mass is 10.1. The van der Waals surface area contributed by atoms with Gasteiger partial charge in [0, 0.05) is 35.2 Å². The molecule has 1 aromatic heterocycles. The molecule has 1 N–H and O–H groups in total. The quantitative estimate of drug-likeness (QED) is 0.807. The predicted octanol–water partition coefficient (Wildman–Crippen LogP) is 3.58. The van der Waals surface area contributed by atoms with E-state index in [1.165, 1.54) is 0 Å². The number of hydrogen-bond acceptors (Lipinski definition) is 3. The van der Waals surface area contributed by atoms with Gasteiger partial charge in [0.05, 0.1) is 11.1 Å². The molecule has 1 aliphatic rings. The Kier molecular flexibility index (Phi) is 7.27. The Balaban J connectivity index is 0.00000132. The van der Waals surface area contributed by atoms with E-state index in [9.17, 15) is 4.79 Å². The van der Waals surface area contributed by atoms with Gasteiger partial charge < -0.3 is 10.2 Å². The summed E-state index contributed by atoms with van der Waals surface area (Å²) in [5, 5.41) is 4.20. The van der Waals surface area contributed by atoms with Crippen LogP contribution in [0.4, 0.5) is 0 Å². The van der Waals surface area contributed by atoms with E-state index in [1.54, 1.807) is 0 Å². The summed E-state index contributed by atoms with van der Waals surface area (Å²) in [6.45, 7) is 3.77. The highest BCUT2D eigenvalue weighted by Gasteiger charge is 2.25. The van der Waals surface area contributed by atoms with Crippen molar-refractivity contribution in [2.24, 2.45) is 0 Å². The molecular weight excluding hydrogens is 401 g/mol. The molecule has 2 aromatic rings. The fraction of sp³-hybridized carbons (Fsp3) is 0.375. The van der Waals surface area contributed by atoms with E-state index < -0.39 is 0 Å². The third kappa shape index (κ3) is 4.15. The molecule has 1 aliphatic heterocycles. The molecule has 0 bridgehead atoms. The first-order valence-electron chi connectivity index (χ1n) is 7.11. The second kappa shape index (κ2) is 8.29. The number of nitrogens with zero attached hydrogens (tertiary/aromatic N) is 2. The highest BCUT2D eigenvalue weighted by atomic mass is 79.9. The van der Waals surface area contributed by atoms with Gasteiger partial charge in [-0.05, 0) is 44.2 Å². The topological polar surface area (TPSA) is 45.2 Å². The number of benzene rings is 1. The van der Waals surface area contributed by atoms with Crippen molar-refractivity contribution < 1.29 is 4.79 Å². The summed E-state index contributed by atoms with van der Waals surface area (Å²) in [6.07, 6.45) is 1.01. The van der Waals surface area contributed by atoms with Crippen LogP contribution in [0.25, 0.3) is 10.9 Å². The van der Waals surface area contributed by atoms with Gasteiger partial charge in [-0.15, -0.1) is 24.8 Å². The number of nitrogens with one attached hydrogen (secondary N) is 1. The van der Waals surface area contributed by atoms with Crippen LogP contribution in [0.1, 0.15) is 22.5 Å². The maximum atomic E-state index is 12.9. The molecule has 23 heavy (non-hydrogen) atoms. The maximum Gasteiger partial charge on any atom is 0.254 e. The Labute approximate surface area is 157 Å². The maximum absolute atomic E-state index is 12.9. The Morgan fingerprint density at radius 2 is 2.09 bits per heavy atom. The molecule has 1 unspecified atom stereocenters. The van der Waals surface area contributed by atoms with E-state index in [2.05, 4.69) is 26.2 Å². The first-order chi connectivity index (χ1) is 10.1. The molecule has 0 radical (unpaired) electrons. The van der Waals surface area contributed by atoms with Crippen LogP contribution in [0, 0.1) is 6.92 Å². The second-order valence-corrected chi connectivity index (χ2v) is 6.45. The third-order valence-electron chi connectivity index (χ3n) is 4.03. The summed E-state index contributed by atoms with van der Waals surface area (Å²) in [6, 6.07) is 8.02. The average Bonchev–Trinajstić information content (AvgIpc) is 2.99. The zero-order valence-corrected chi connectivity index (χ0v) is 16.2. The number of aryl methyl sites for hydroxylation is 1.